The second-order valence-electron chi connectivity index (χ2n) is 7.02. The molecule has 5 heteroatoms. The molecule has 0 atom stereocenters. The number of carbonyl (C=O) groups is 1. The van der Waals surface area contributed by atoms with E-state index < -0.39 is 0 Å². The lowest BCUT2D eigenvalue weighted by atomic mass is 9.85. The van der Waals surface area contributed by atoms with Crippen LogP contribution in [-0.2, 0) is 13.5 Å². The van der Waals surface area contributed by atoms with Gasteiger partial charge in [-0.25, -0.2) is 4.68 Å². The summed E-state index contributed by atoms with van der Waals surface area (Å²) in [5.74, 6) is -0.334. The molecular formula is C19H25N3O2. The Kier molecular flexibility index (Phi) is 5.22. The smallest absolute Gasteiger partial charge is 0.279 e. The highest BCUT2D eigenvalue weighted by Crippen LogP contribution is 2.21. The highest BCUT2D eigenvalue weighted by atomic mass is 16.2. The summed E-state index contributed by atoms with van der Waals surface area (Å²) in [6.07, 6.45) is 0.848. The number of aromatic nitrogens is 2. The lowest BCUT2D eigenvalue weighted by molar-refractivity contribution is 0.0933. The fourth-order valence-corrected chi connectivity index (χ4v) is 2.73. The van der Waals surface area contributed by atoms with Gasteiger partial charge in [0.1, 0.15) is 5.56 Å². The number of rotatable bonds is 5. The van der Waals surface area contributed by atoms with Crippen molar-refractivity contribution in [2.45, 2.75) is 34.1 Å². The summed E-state index contributed by atoms with van der Waals surface area (Å²) in [5.41, 5.74) is 2.25. The fourth-order valence-electron chi connectivity index (χ4n) is 2.73. The lowest BCUT2D eigenvalue weighted by Crippen LogP contribution is -2.39. The van der Waals surface area contributed by atoms with Gasteiger partial charge in [0.05, 0.1) is 5.69 Å². The van der Waals surface area contributed by atoms with Crippen LogP contribution in [0.2, 0.25) is 0 Å². The summed E-state index contributed by atoms with van der Waals surface area (Å²) in [7, 11) is 1.56. The molecule has 0 fully saturated rings. The molecule has 0 aliphatic carbocycles. The number of benzene rings is 1. The summed E-state index contributed by atoms with van der Waals surface area (Å²) in [5, 5.41) is 7.02. The molecule has 1 aromatic heterocycles. The van der Waals surface area contributed by atoms with Crippen LogP contribution in [0, 0.1) is 19.3 Å². The highest BCUT2D eigenvalue weighted by Gasteiger charge is 2.23. The maximum atomic E-state index is 12.5. The van der Waals surface area contributed by atoms with Gasteiger partial charge in [-0.2, -0.15) is 5.10 Å². The van der Waals surface area contributed by atoms with Gasteiger partial charge in [-0.1, -0.05) is 44.2 Å². The molecule has 128 valence electrons. The van der Waals surface area contributed by atoms with Crippen LogP contribution in [0.15, 0.2) is 35.1 Å². The zero-order valence-electron chi connectivity index (χ0n) is 15.0. The number of hydrogen-bond acceptors (Lipinski definition) is 3. The maximum Gasteiger partial charge on any atom is 0.279 e. The zero-order valence-corrected chi connectivity index (χ0v) is 15.0. The van der Waals surface area contributed by atoms with Crippen molar-refractivity contribution in [3.05, 3.63) is 63.1 Å². The molecule has 0 radical (unpaired) electrons. The molecule has 0 saturated heterocycles. The average Bonchev–Trinajstić information content (AvgIpc) is 2.52. The van der Waals surface area contributed by atoms with Crippen molar-refractivity contribution < 1.29 is 4.79 Å². The minimum atomic E-state index is -0.364. The summed E-state index contributed by atoms with van der Waals surface area (Å²) >= 11 is 0. The van der Waals surface area contributed by atoms with E-state index in [0.717, 1.165) is 6.42 Å². The second kappa shape index (κ2) is 6.99. The van der Waals surface area contributed by atoms with Gasteiger partial charge in [0.15, 0.2) is 0 Å². The molecule has 0 aliphatic rings. The number of carbonyl (C=O) groups excluding carboxylic acids is 1. The molecule has 2 aromatic rings. The minimum Gasteiger partial charge on any atom is -0.351 e. The van der Waals surface area contributed by atoms with E-state index in [9.17, 15) is 9.59 Å². The van der Waals surface area contributed by atoms with Crippen LogP contribution in [0.4, 0.5) is 0 Å². The Balaban J connectivity index is 2.12. The Morgan fingerprint density at radius 2 is 1.83 bits per heavy atom. The van der Waals surface area contributed by atoms with Crippen molar-refractivity contribution in [2.24, 2.45) is 12.5 Å². The standard InChI is InChI=1S/C19H25N3O2/c1-13-14(2)21-22(5)18(24)16(13)17(23)20-12-19(3,4)11-15-9-7-6-8-10-15/h6-10H,11-12H2,1-5H3,(H,20,23). The third kappa shape index (κ3) is 4.10. The average molecular weight is 327 g/mol. The molecule has 0 unspecified atom stereocenters. The number of aryl methyl sites for hydroxylation is 2. The fraction of sp³-hybridized carbons (Fsp3) is 0.421. The Hall–Kier alpha value is -2.43. The Morgan fingerprint density at radius 1 is 1.21 bits per heavy atom. The van der Waals surface area contributed by atoms with E-state index in [0.29, 0.717) is 17.8 Å². The molecule has 1 heterocycles. The van der Waals surface area contributed by atoms with Gasteiger partial charge in [0, 0.05) is 13.6 Å². The Bertz CT molecular complexity index is 792. The summed E-state index contributed by atoms with van der Waals surface area (Å²) in [4.78, 5) is 24.8. The first kappa shape index (κ1) is 17.9. The van der Waals surface area contributed by atoms with Crippen LogP contribution >= 0.6 is 0 Å². The number of hydrogen-bond donors (Lipinski definition) is 1. The first-order chi connectivity index (χ1) is 11.2. The largest absolute Gasteiger partial charge is 0.351 e. The quantitative estimate of drug-likeness (QED) is 0.917. The molecule has 2 rings (SSSR count). The van der Waals surface area contributed by atoms with Crippen LogP contribution < -0.4 is 10.9 Å². The Morgan fingerprint density at radius 3 is 2.46 bits per heavy atom. The third-order valence-corrected chi connectivity index (χ3v) is 4.21. The van der Waals surface area contributed by atoms with E-state index >= 15 is 0 Å². The molecule has 1 amide bonds. The van der Waals surface area contributed by atoms with Crippen LogP contribution in [0.25, 0.3) is 0 Å². The van der Waals surface area contributed by atoms with Crippen LogP contribution in [0.3, 0.4) is 0 Å². The zero-order chi connectivity index (χ0) is 17.9. The van der Waals surface area contributed by atoms with Crippen LogP contribution in [0.1, 0.15) is 41.0 Å². The molecule has 1 N–H and O–H groups in total. The normalized spacial score (nSPS) is 11.4. The number of nitrogens with one attached hydrogen (secondary N) is 1. The molecule has 24 heavy (non-hydrogen) atoms. The van der Waals surface area contributed by atoms with Crippen molar-refractivity contribution in [1.29, 1.82) is 0 Å². The van der Waals surface area contributed by atoms with E-state index in [1.807, 2.05) is 18.2 Å². The van der Waals surface area contributed by atoms with Crippen molar-refractivity contribution in [3.8, 4) is 0 Å². The van der Waals surface area contributed by atoms with Crippen molar-refractivity contribution in [3.63, 3.8) is 0 Å². The van der Waals surface area contributed by atoms with Crippen molar-refractivity contribution >= 4 is 5.91 Å². The Labute approximate surface area is 142 Å². The summed E-state index contributed by atoms with van der Waals surface area (Å²) < 4.78 is 1.21. The molecule has 0 saturated carbocycles. The van der Waals surface area contributed by atoms with E-state index in [1.165, 1.54) is 10.2 Å². The predicted octanol–water partition coefficient (Wildman–Crippen LogP) is 2.40. The number of amides is 1. The molecule has 5 nitrogen and oxygen atoms in total. The maximum absolute atomic E-state index is 12.5. The number of nitrogens with zero attached hydrogens (tertiary/aromatic N) is 2. The summed E-state index contributed by atoms with van der Waals surface area (Å²) in [6.45, 7) is 8.25. The second-order valence-corrected chi connectivity index (χ2v) is 7.02. The van der Waals surface area contributed by atoms with Gasteiger partial charge < -0.3 is 5.32 Å². The van der Waals surface area contributed by atoms with E-state index in [-0.39, 0.29) is 22.4 Å². The van der Waals surface area contributed by atoms with Crippen molar-refractivity contribution in [2.75, 3.05) is 6.54 Å². The molecule has 0 bridgehead atoms. The molecule has 0 spiro atoms. The van der Waals surface area contributed by atoms with Crippen LogP contribution in [0.5, 0.6) is 0 Å². The molecule has 0 aliphatic heterocycles. The van der Waals surface area contributed by atoms with Gasteiger partial charge >= 0.3 is 0 Å². The predicted molar refractivity (Wildman–Crippen MR) is 95.2 cm³/mol. The van der Waals surface area contributed by atoms with Gasteiger partial charge in [0.25, 0.3) is 11.5 Å². The highest BCUT2D eigenvalue weighted by molar-refractivity contribution is 5.95. The van der Waals surface area contributed by atoms with Gasteiger partial charge in [-0.05, 0) is 36.8 Å². The van der Waals surface area contributed by atoms with E-state index in [1.54, 1.807) is 20.9 Å². The molecule has 1 aromatic carbocycles. The van der Waals surface area contributed by atoms with Crippen LogP contribution in [-0.4, -0.2) is 22.2 Å². The monoisotopic (exact) mass is 327 g/mol. The van der Waals surface area contributed by atoms with Gasteiger partial charge in [0.2, 0.25) is 0 Å². The van der Waals surface area contributed by atoms with E-state index in [4.69, 9.17) is 0 Å². The third-order valence-electron chi connectivity index (χ3n) is 4.21. The van der Waals surface area contributed by atoms with Gasteiger partial charge in [-0.15, -0.1) is 0 Å². The van der Waals surface area contributed by atoms with Crippen molar-refractivity contribution in [1.82, 2.24) is 15.1 Å². The van der Waals surface area contributed by atoms with E-state index in [2.05, 4.69) is 36.4 Å². The van der Waals surface area contributed by atoms with Gasteiger partial charge in [-0.3, -0.25) is 9.59 Å². The SMILES string of the molecule is Cc1nn(C)c(=O)c(C(=O)NCC(C)(C)Cc2ccccc2)c1C. The summed E-state index contributed by atoms with van der Waals surface area (Å²) in [6, 6.07) is 10.2. The lowest BCUT2D eigenvalue weighted by Gasteiger charge is -2.25. The first-order valence-corrected chi connectivity index (χ1v) is 8.08. The first-order valence-electron chi connectivity index (χ1n) is 8.08. The minimum absolute atomic E-state index is 0.113. The topological polar surface area (TPSA) is 64.0 Å². The molecular weight excluding hydrogens is 302 g/mol.